The van der Waals surface area contributed by atoms with Crippen molar-refractivity contribution in [2.75, 3.05) is 13.2 Å². The number of hydrogen-bond donors (Lipinski definition) is 0. The highest BCUT2D eigenvalue weighted by atomic mass is 19.2. The van der Waals surface area contributed by atoms with Crippen LogP contribution >= 0.6 is 0 Å². The van der Waals surface area contributed by atoms with E-state index in [-0.39, 0.29) is 0 Å². The van der Waals surface area contributed by atoms with E-state index >= 15 is 0 Å². The van der Waals surface area contributed by atoms with Gasteiger partial charge in [0.2, 0.25) is 0 Å². The molecular formula is C22H32F2O2. The second-order valence-corrected chi connectivity index (χ2v) is 7.92. The molecular weight excluding hydrogens is 334 g/mol. The number of rotatable bonds is 7. The lowest BCUT2D eigenvalue weighted by Gasteiger charge is -2.40. The van der Waals surface area contributed by atoms with E-state index in [0.717, 1.165) is 18.8 Å². The molecule has 0 radical (unpaired) electrons. The second kappa shape index (κ2) is 9.27. The standard InChI is InChI=1S/C22H32F2O2/c1-2-3-7-17-8-4-5-9-18(17)12-13-22(25-14-6-15-26-22)19-10-11-20(23)21(24)16-19/h10-11,16-18H,2-9,12-15H2,1H3. The maximum Gasteiger partial charge on any atom is 0.194 e. The molecule has 146 valence electrons. The van der Waals surface area contributed by atoms with Crippen LogP contribution in [0.25, 0.3) is 0 Å². The molecule has 2 atom stereocenters. The molecule has 2 nitrogen and oxygen atoms in total. The Morgan fingerprint density at radius 3 is 2.31 bits per heavy atom. The fourth-order valence-corrected chi connectivity index (χ4v) is 4.65. The Bertz CT molecular complexity index is 569. The first kappa shape index (κ1) is 19.8. The molecule has 3 rings (SSSR count). The molecule has 4 heteroatoms. The normalized spacial score (nSPS) is 26.0. The minimum absolute atomic E-state index is 0.600. The van der Waals surface area contributed by atoms with Gasteiger partial charge in [-0.05, 0) is 36.8 Å². The molecule has 1 aromatic rings. The summed E-state index contributed by atoms with van der Waals surface area (Å²) in [6.45, 7) is 3.45. The highest BCUT2D eigenvalue weighted by Crippen LogP contribution is 2.42. The Morgan fingerprint density at radius 1 is 0.962 bits per heavy atom. The molecule has 1 aromatic carbocycles. The van der Waals surface area contributed by atoms with Crippen molar-refractivity contribution < 1.29 is 18.3 Å². The third-order valence-corrected chi connectivity index (χ3v) is 6.16. The third kappa shape index (κ3) is 4.64. The van der Waals surface area contributed by atoms with Crippen LogP contribution in [-0.2, 0) is 15.3 Å². The molecule has 0 N–H and O–H groups in total. The number of hydrogen-bond acceptors (Lipinski definition) is 2. The van der Waals surface area contributed by atoms with Crippen LogP contribution in [-0.4, -0.2) is 13.2 Å². The fourth-order valence-electron chi connectivity index (χ4n) is 4.65. The van der Waals surface area contributed by atoms with E-state index in [1.807, 2.05) is 0 Å². The number of halogens is 2. The molecule has 0 spiro atoms. The summed E-state index contributed by atoms with van der Waals surface area (Å²) in [5, 5.41) is 0. The zero-order valence-corrected chi connectivity index (χ0v) is 15.9. The second-order valence-electron chi connectivity index (χ2n) is 7.92. The SMILES string of the molecule is CCCCC1CCCCC1CCC1(c2ccc(F)c(F)c2)OCCCO1. The van der Waals surface area contributed by atoms with E-state index in [2.05, 4.69) is 6.92 Å². The number of ether oxygens (including phenoxy) is 2. The lowest BCUT2D eigenvalue weighted by Crippen LogP contribution is -2.39. The van der Waals surface area contributed by atoms with Crippen LogP contribution in [0.4, 0.5) is 8.78 Å². The van der Waals surface area contributed by atoms with Crippen molar-refractivity contribution in [3.63, 3.8) is 0 Å². The molecule has 2 fully saturated rings. The van der Waals surface area contributed by atoms with E-state index in [0.29, 0.717) is 31.1 Å². The first-order valence-corrected chi connectivity index (χ1v) is 10.4. The summed E-state index contributed by atoms with van der Waals surface area (Å²) in [5.41, 5.74) is 0.608. The molecule has 1 aliphatic carbocycles. The summed E-state index contributed by atoms with van der Waals surface area (Å²) >= 11 is 0. The smallest absolute Gasteiger partial charge is 0.194 e. The van der Waals surface area contributed by atoms with E-state index in [1.165, 1.54) is 57.1 Å². The highest BCUT2D eigenvalue weighted by molar-refractivity contribution is 5.23. The van der Waals surface area contributed by atoms with Crippen molar-refractivity contribution >= 4 is 0 Å². The van der Waals surface area contributed by atoms with Gasteiger partial charge in [0.15, 0.2) is 17.4 Å². The fraction of sp³-hybridized carbons (Fsp3) is 0.727. The molecule has 1 saturated heterocycles. The third-order valence-electron chi connectivity index (χ3n) is 6.16. The lowest BCUT2D eigenvalue weighted by molar-refractivity contribution is -0.281. The van der Waals surface area contributed by atoms with Crippen molar-refractivity contribution in [3.05, 3.63) is 35.4 Å². The van der Waals surface area contributed by atoms with E-state index in [9.17, 15) is 8.78 Å². The van der Waals surface area contributed by atoms with Crippen LogP contribution < -0.4 is 0 Å². The van der Waals surface area contributed by atoms with Gasteiger partial charge >= 0.3 is 0 Å². The van der Waals surface area contributed by atoms with Gasteiger partial charge in [-0.25, -0.2) is 8.78 Å². The van der Waals surface area contributed by atoms with Crippen LogP contribution in [0.15, 0.2) is 18.2 Å². The summed E-state index contributed by atoms with van der Waals surface area (Å²) in [6.07, 6.45) is 11.6. The largest absolute Gasteiger partial charge is 0.346 e. The Morgan fingerprint density at radius 2 is 1.65 bits per heavy atom. The first-order chi connectivity index (χ1) is 12.6. The summed E-state index contributed by atoms with van der Waals surface area (Å²) in [6, 6.07) is 4.04. The Kier molecular flexibility index (Phi) is 7.05. The molecule has 0 amide bonds. The molecule has 1 heterocycles. The average molecular weight is 366 g/mol. The summed E-state index contributed by atoms with van der Waals surface area (Å²) in [7, 11) is 0. The van der Waals surface area contributed by atoms with E-state index in [1.54, 1.807) is 6.07 Å². The van der Waals surface area contributed by atoms with Gasteiger partial charge in [0.25, 0.3) is 0 Å². The number of benzene rings is 1. The summed E-state index contributed by atoms with van der Waals surface area (Å²) < 4.78 is 39.3. The minimum Gasteiger partial charge on any atom is -0.346 e. The predicted molar refractivity (Wildman–Crippen MR) is 98.8 cm³/mol. The van der Waals surface area contributed by atoms with Gasteiger partial charge in [0, 0.05) is 12.0 Å². The van der Waals surface area contributed by atoms with Gasteiger partial charge in [-0.2, -0.15) is 0 Å². The van der Waals surface area contributed by atoms with Crippen LogP contribution in [0.1, 0.15) is 76.7 Å². The molecule has 0 aromatic heterocycles. The zero-order valence-electron chi connectivity index (χ0n) is 15.9. The van der Waals surface area contributed by atoms with Crippen LogP contribution in [0.2, 0.25) is 0 Å². The van der Waals surface area contributed by atoms with E-state index in [4.69, 9.17) is 9.47 Å². The summed E-state index contributed by atoms with van der Waals surface area (Å²) in [5.74, 6) is -1.11. The first-order valence-electron chi connectivity index (χ1n) is 10.4. The maximum atomic E-state index is 13.8. The maximum absolute atomic E-state index is 13.8. The van der Waals surface area contributed by atoms with Gasteiger partial charge in [-0.15, -0.1) is 0 Å². The Labute approximate surface area is 156 Å². The van der Waals surface area contributed by atoms with Gasteiger partial charge in [-0.1, -0.05) is 57.9 Å². The lowest BCUT2D eigenvalue weighted by atomic mass is 9.74. The Hall–Kier alpha value is -1.00. The van der Waals surface area contributed by atoms with Crippen molar-refractivity contribution in [3.8, 4) is 0 Å². The minimum atomic E-state index is -0.917. The van der Waals surface area contributed by atoms with Gasteiger partial charge in [-0.3, -0.25) is 0 Å². The van der Waals surface area contributed by atoms with Crippen LogP contribution in [0.5, 0.6) is 0 Å². The molecule has 2 aliphatic rings. The molecule has 0 bridgehead atoms. The molecule has 26 heavy (non-hydrogen) atoms. The average Bonchev–Trinajstić information content (AvgIpc) is 2.68. The van der Waals surface area contributed by atoms with Crippen molar-refractivity contribution in [1.29, 1.82) is 0 Å². The Balaban J connectivity index is 1.72. The van der Waals surface area contributed by atoms with Gasteiger partial charge in [0.1, 0.15) is 0 Å². The summed E-state index contributed by atoms with van der Waals surface area (Å²) in [4.78, 5) is 0. The van der Waals surface area contributed by atoms with E-state index < -0.39 is 17.4 Å². The van der Waals surface area contributed by atoms with Crippen LogP contribution in [0.3, 0.4) is 0 Å². The van der Waals surface area contributed by atoms with Gasteiger partial charge < -0.3 is 9.47 Å². The molecule has 2 unspecified atom stereocenters. The quantitative estimate of drug-likeness (QED) is 0.561. The monoisotopic (exact) mass is 366 g/mol. The van der Waals surface area contributed by atoms with Gasteiger partial charge in [0.05, 0.1) is 13.2 Å². The topological polar surface area (TPSA) is 18.5 Å². The van der Waals surface area contributed by atoms with Crippen molar-refractivity contribution in [2.45, 2.75) is 76.9 Å². The highest BCUT2D eigenvalue weighted by Gasteiger charge is 2.38. The molecule has 1 saturated carbocycles. The number of unbranched alkanes of at least 4 members (excludes halogenated alkanes) is 1. The van der Waals surface area contributed by atoms with Crippen LogP contribution in [0, 0.1) is 23.5 Å². The van der Waals surface area contributed by atoms with Crippen molar-refractivity contribution in [1.82, 2.24) is 0 Å². The van der Waals surface area contributed by atoms with Crippen molar-refractivity contribution in [2.24, 2.45) is 11.8 Å². The predicted octanol–water partition coefficient (Wildman–Crippen LogP) is 6.33. The zero-order chi connectivity index (χ0) is 18.4. The molecule has 1 aliphatic heterocycles.